The van der Waals surface area contributed by atoms with Crippen molar-refractivity contribution >= 4 is 29.1 Å². The number of rotatable bonds is 7. The van der Waals surface area contributed by atoms with Crippen LogP contribution in [0, 0.1) is 0 Å². The smallest absolute Gasteiger partial charge is 0.308 e. The first-order chi connectivity index (χ1) is 10.1. The van der Waals surface area contributed by atoms with Gasteiger partial charge in [0.15, 0.2) is 0 Å². The highest BCUT2D eigenvalue weighted by molar-refractivity contribution is 7.99. The van der Waals surface area contributed by atoms with Crippen molar-refractivity contribution in [2.24, 2.45) is 0 Å². The summed E-state index contributed by atoms with van der Waals surface area (Å²) in [7, 11) is 0. The zero-order chi connectivity index (χ0) is 15.2. The van der Waals surface area contributed by atoms with Crippen molar-refractivity contribution in [3.8, 4) is 11.3 Å². The maximum atomic E-state index is 11.0. The van der Waals surface area contributed by atoms with E-state index in [9.17, 15) is 4.79 Å². The maximum absolute atomic E-state index is 11.0. The van der Waals surface area contributed by atoms with Crippen LogP contribution in [0.25, 0.3) is 11.3 Å². The molecule has 1 heterocycles. The largest absolute Gasteiger partial charge is 0.481 e. The summed E-state index contributed by atoms with van der Waals surface area (Å²) in [6.45, 7) is 4.37. The maximum Gasteiger partial charge on any atom is 0.308 e. The fourth-order valence-corrected chi connectivity index (χ4v) is 3.92. The van der Waals surface area contributed by atoms with Crippen LogP contribution in [0.1, 0.15) is 30.2 Å². The molecule has 0 spiro atoms. The first-order valence-electron chi connectivity index (χ1n) is 6.97. The number of aliphatic carboxylic acids is 1. The number of thiazole rings is 1. The van der Waals surface area contributed by atoms with Gasteiger partial charge in [0.05, 0.1) is 12.1 Å². The zero-order valence-electron chi connectivity index (χ0n) is 12.2. The SMILES string of the molecule is CCC(C)SCc1nc(-c2ccccc2)c(CC(=O)O)s1. The summed E-state index contributed by atoms with van der Waals surface area (Å²) in [5, 5.41) is 10.7. The third kappa shape index (κ3) is 4.58. The van der Waals surface area contributed by atoms with Crippen LogP contribution in [-0.4, -0.2) is 21.3 Å². The second-order valence-corrected chi connectivity index (χ2v) is 7.44. The number of hydrogen-bond donors (Lipinski definition) is 1. The van der Waals surface area contributed by atoms with E-state index in [1.165, 1.54) is 11.3 Å². The summed E-state index contributed by atoms with van der Waals surface area (Å²) in [4.78, 5) is 16.6. The Morgan fingerprint density at radius 2 is 2.10 bits per heavy atom. The Labute approximate surface area is 133 Å². The number of aromatic nitrogens is 1. The van der Waals surface area contributed by atoms with Crippen LogP contribution in [0.3, 0.4) is 0 Å². The molecule has 0 aliphatic rings. The average Bonchev–Trinajstić information content (AvgIpc) is 2.87. The molecule has 1 N–H and O–H groups in total. The molecule has 0 saturated carbocycles. The van der Waals surface area contributed by atoms with Crippen molar-refractivity contribution in [2.75, 3.05) is 0 Å². The molecular weight excluding hydrogens is 302 g/mol. The van der Waals surface area contributed by atoms with Crippen molar-refractivity contribution in [2.45, 2.75) is 37.7 Å². The Hall–Kier alpha value is -1.33. The molecular formula is C16H19NO2S2. The molecule has 1 aromatic heterocycles. The molecule has 1 aromatic carbocycles. The van der Waals surface area contributed by atoms with Crippen LogP contribution in [0.5, 0.6) is 0 Å². The van der Waals surface area contributed by atoms with E-state index in [0.29, 0.717) is 5.25 Å². The molecule has 1 atom stereocenters. The highest BCUT2D eigenvalue weighted by atomic mass is 32.2. The molecule has 5 heteroatoms. The topological polar surface area (TPSA) is 50.2 Å². The molecule has 3 nitrogen and oxygen atoms in total. The molecule has 21 heavy (non-hydrogen) atoms. The van der Waals surface area contributed by atoms with E-state index < -0.39 is 5.97 Å². The summed E-state index contributed by atoms with van der Waals surface area (Å²) in [6, 6.07) is 9.81. The number of thioether (sulfide) groups is 1. The van der Waals surface area contributed by atoms with Crippen LogP contribution in [-0.2, 0) is 17.0 Å². The van der Waals surface area contributed by atoms with Gasteiger partial charge in [-0.3, -0.25) is 4.79 Å². The molecule has 2 aromatic rings. The summed E-state index contributed by atoms with van der Waals surface area (Å²) in [6.07, 6.45) is 1.17. The minimum Gasteiger partial charge on any atom is -0.481 e. The van der Waals surface area contributed by atoms with Gasteiger partial charge in [-0.2, -0.15) is 11.8 Å². The third-order valence-electron chi connectivity index (χ3n) is 3.17. The number of carboxylic acid groups (broad SMARTS) is 1. The van der Waals surface area contributed by atoms with Crippen LogP contribution in [0.4, 0.5) is 0 Å². The molecule has 0 saturated heterocycles. The van der Waals surface area contributed by atoms with E-state index in [1.807, 2.05) is 42.1 Å². The van der Waals surface area contributed by atoms with Crippen LogP contribution < -0.4 is 0 Å². The fraction of sp³-hybridized carbons (Fsp3) is 0.375. The minimum atomic E-state index is -0.808. The van der Waals surface area contributed by atoms with E-state index in [-0.39, 0.29) is 6.42 Å². The number of carbonyl (C=O) groups is 1. The molecule has 1 unspecified atom stereocenters. The second-order valence-electron chi connectivity index (χ2n) is 4.85. The lowest BCUT2D eigenvalue weighted by atomic mass is 10.1. The predicted octanol–water partition coefficient (Wildman–Crippen LogP) is 4.47. The molecule has 0 fully saturated rings. The van der Waals surface area contributed by atoms with Crippen molar-refractivity contribution in [1.82, 2.24) is 4.98 Å². The van der Waals surface area contributed by atoms with Gasteiger partial charge in [-0.05, 0) is 6.42 Å². The molecule has 0 aliphatic carbocycles. The normalized spacial score (nSPS) is 12.3. The standard InChI is InChI=1S/C16H19NO2S2/c1-3-11(2)20-10-14-17-16(12-7-5-4-6-8-12)13(21-14)9-15(18)19/h4-8,11H,3,9-10H2,1-2H3,(H,18,19). The summed E-state index contributed by atoms with van der Waals surface area (Å²) in [5.41, 5.74) is 1.81. The molecule has 0 radical (unpaired) electrons. The lowest BCUT2D eigenvalue weighted by Crippen LogP contribution is -1.99. The van der Waals surface area contributed by atoms with Gasteiger partial charge in [-0.1, -0.05) is 44.2 Å². The minimum absolute atomic E-state index is 0.0376. The summed E-state index contributed by atoms with van der Waals surface area (Å²) in [5.74, 6) is 0.0380. The number of hydrogen-bond acceptors (Lipinski definition) is 4. The lowest BCUT2D eigenvalue weighted by Gasteiger charge is -2.05. The van der Waals surface area contributed by atoms with Crippen molar-refractivity contribution in [1.29, 1.82) is 0 Å². The number of nitrogens with zero attached hydrogens (tertiary/aromatic N) is 1. The first-order valence-corrected chi connectivity index (χ1v) is 8.84. The highest BCUT2D eigenvalue weighted by Gasteiger charge is 2.16. The van der Waals surface area contributed by atoms with Gasteiger partial charge >= 0.3 is 5.97 Å². The van der Waals surface area contributed by atoms with Gasteiger partial charge in [0, 0.05) is 21.4 Å². The van der Waals surface area contributed by atoms with E-state index in [1.54, 1.807) is 0 Å². The van der Waals surface area contributed by atoms with Gasteiger partial charge in [0.2, 0.25) is 0 Å². The van der Waals surface area contributed by atoms with Gasteiger partial charge < -0.3 is 5.11 Å². The first kappa shape index (κ1) is 16.0. The van der Waals surface area contributed by atoms with Gasteiger partial charge in [0.1, 0.15) is 5.01 Å². The van der Waals surface area contributed by atoms with Crippen molar-refractivity contribution in [3.63, 3.8) is 0 Å². The quantitative estimate of drug-likeness (QED) is 0.817. The zero-order valence-corrected chi connectivity index (χ0v) is 13.8. The summed E-state index contributed by atoms with van der Waals surface area (Å²) >= 11 is 3.39. The van der Waals surface area contributed by atoms with E-state index in [4.69, 9.17) is 5.11 Å². The van der Waals surface area contributed by atoms with Crippen LogP contribution in [0.2, 0.25) is 0 Å². The Bertz CT molecular complexity index is 596. The monoisotopic (exact) mass is 321 g/mol. The Balaban J connectivity index is 2.25. The van der Waals surface area contributed by atoms with Gasteiger partial charge in [-0.25, -0.2) is 4.98 Å². The predicted molar refractivity (Wildman–Crippen MR) is 89.9 cm³/mol. The Morgan fingerprint density at radius 3 is 2.71 bits per heavy atom. The van der Waals surface area contributed by atoms with Crippen molar-refractivity contribution in [3.05, 3.63) is 40.2 Å². The second kappa shape index (κ2) is 7.61. The van der Waals surface area contributed by atoms with Crippen LogP contribution in [0.15, 0.2) is 30.3 Å². The van der Waals surface area contributed by atoms with E-state index in [0.717, 1.165) is 33.3 Å². The Morgan fingerprint density at radius 1 is 1.38 bits per heavy atom. The van der Waals surface area contributed by atoms with E-state index in [2.05, 4.69) is 18.8 Å². The molecule has 112 valence electrons. The van der Waals surface area contributed by atoms with Crippen LogP contribution >= 0.6 is 23.1 Å². The van der Waals surface area contributed by atoms with Gasteiger partial charge in [0.25, 0.3) is 0 Å². The highest BCUT2D eigenvalue weighted by Crippen LogP contribution is 2.31. The average molecular weight is 321 g/mol. The number of benzene rings is 1. The van der Waals surface area contributed by atoms with E-state index >= 15 is 0 Å². The van der Waals surface area contributed by atoms with Crippen molar-refractivity contribution < 1.29 is 9.90 Å². The molecule has 0 amide bonds. The molecule has 0 aliphatic heterocycles. The summed E-state index contributed by atoms with van der Waals surface area (Å²) < 4.78 is 0. The fourth-order valence-electron chi connectivity index (χ4n) is 1.87. The third-order valence-corrected chi connectivity index (χ3v) is 5.75. The molecule has 0 bridgehead atoms. The molecule has 2 rings (SSSR count). The lowest BCUT2D eigenvalue weighted by molar-refractivity contribution is -0.136. The Kier molecular flexibility index (Phi) is 5.82. The van der Waals surface area contributed by atoms with Gasteiger partial charge in [-0.15, -0.1) is 11.3 Å². The number of carboxylic acids is 1.